The minimum absolute atomic E-state index is 0.586. The smallest absolute Gasteiger partial charge is 0.248 e. The van der Waals surface area contributed by atoms with Crippen LogP contribution in [0.1, 0.15) is 11.3 Å². The summed E-state index contributed by atoms with van der Waals surface area (Å²) in [5, 5.41) is 19.7. The molecule has 7 nitrogen and oxygen atoms in total. The topological polar surface area (TPSA) is 73.5 Å². The van der Waals surface area contributed by atoms with Gasteiger partial charge in [0, 0.05) is 12.7 Å². The average Bonchev–Trinajstić information content (AvgIpc) is 3.30. The molecule has 1 N–H and O–H groups in total. The first-order chi connectivity index (χ1) is 12.3. The van der Waals surface area contributed by atoms with Gasteiger partial charge in [-0.3, -0.25) is 0 Å². The van der Waals surface area contributed by atoms with Gasteiger partial charge in [-0.1, -0.05) is 41.5 Å². The summed E-state index contributed by atoms with van der Waals surface area (Å²) in [6.45, 7) is 2.56. The van der Waals surface area contributed by atoms with Crippen LogP contribution in [0.15, 0.2) is 66.9 Å². The zero-order valence-electron chi connectivity index (χ0n) is 13.7. The van der Waals surface area contributed by atoms with Gasteiger partial charge in [0.25, 0.3) is 0 Å². The van der Waals surface area contributed by atoms with Crippen LogP contribution in [0.25, 0.3) is 11.4 Å². The molecule has 0 saturated carbocycles. The van der Waals surface area contributed by atoms with E-state index in [-0.39, 0.29) is 0 Å². The molecule has 2 aromatic heterocycles. The molecule has 2 aromatic carbocycles. The van der Waals surface area contributed by atoms with E-state index in [4.69, 9.17) is 0 Å². The van der Waals surface area contributed by atoms with Crippen molar-refractivity contribution in [2.75, 3.05) is 5.32 Å². The van der Waals surface area contributed by atoms with Crippen molar-refractivity contribution in [3.05, 3.63) is 78.1 Å². The van der Waals surface area contributed by atoms with Gasteiger partial charge in [-0.05, 0) is 47.2 Å². The van der Waals surface area contributed by atoms with E-state index in [0.717, 1.165) is 22.6 Å². The molecule has 124 valence electrons. The number of tetrazole rings is 1. The van der Waals surface area contributed by atoms with Crippen LogP contribution in [-0.2, 0) is 6.54 Å². The average molecular weight is 331 g/mol. The van der Waals surface area contributed by atoms with E-state index >= 15 is 0 Å². The van der Waals surface area contributed by atoms with Crippen molar-refractivity contribution in [2.24, 2.45) is 0 Å². The largest absolute Gasteiger partial charge is 0.349 e. The second-order valence-corrected chi connectivity index (χ2v) is 5.63. The quantitative estimate of drug-likeness (QED) is 0.609. The number of hydrogen-bond donors (Lipinski definition) is 1. The lowest BCUT2D eigenvalue weighted by molar-refractivity contribution is 0.788. The summed E-state index contributed by atoms with van der Waals surface area (Å²) in [5.41, 5.74) is 4.02. The van der Waals surface area contributed by atoms with E-state index in [9.17, 15) is 0 Å². The Bertz CT molecular complexity index is 972. The lowest BCUT2D eigenvalue weighted by Crippen LogP contribution is -2.10. The number of aryl methyl sites for hydroxylation is 1. The summed E-state index contributed by atoms with van der Waals surface area (Å²) in [6.07, 6.45) is 1.96. The van der Waals surface area contributed by atoms with Crippen LogP contribution in [0.4, 0.5) is 5.95 Å². The maximum atomic E-state index is 4.50. The number of anilines is 1. The van der Waals surface area contributed by atoms with Gasteiger partial charge in [-0.2, -0.15) is 9.78 Å². The number of hydrogen-bond acceptors (Lipinski definition) is 5. The molecule has 4 aromatic rings. The van der Waals surface area contributed by atoms with Crippen LogP contribution in [0.3, 0.4) is 0 Å². The first kappa shape index (κ1) is 15.1. The monoisotopic (exact) mass is 331 g/mol. The van der Waals surface area contributed by atoms with Gasteiger partial charge in [0.15, 0.2) is 0 Å². The number of nitrogens with one attached hydrogen (secondary N) is 1. The molecule has 0 amide bonds. The highest BCUT2D eigenvalue weighted by Crippen LogP contribution is 2.17. The van der Waals surface area contributed by atoms with E-state index in [0.29, 0.717) is 12.5 Å². The number of nitrogens with zero attached hydrogens (tertiary/aromatic N) is 6. The normalized spacial score (nSPS) is 10.8. The number of para-hydroxylation sites is 2. The Morgan fingerprint density at radius 2 is 1.76 bits per heavy atom. The van der Waals surface area contributed by atoms with Crippen molar-refractivity contribution >= 4 is 5.95 Å². The Labute approximate surface area is 144 Å². The first-order valence-electron chi connectivity index (χ1n) is 7.99. The minimum Gasteiger partial charge on any atom is -0.349 e. The third kappa shape index (κ3) is 3.12. The maximum Gasteiger partial charge on any atom is 0.248 e. The van der Waals surface area contributed by atoms with Crippen molar-refractivity contribution in [2.45, 2.75) is 13.5 Å². The molecule has 0 spiro atoms. The second kappa shape index (κ2) is 6.56. The summed E-state index contributed by atoms with van der Waals surface area (Å²) in [4.78, 5) is 0. The molecule has 4 rings (SSSR count). The molecule has 0 aliphatic carbocycles. The molecule has 0 saturated heterocycles. The van der Waals surface area contributed by atoms with Gasteiger partial charge in [-0.25, -0.2) is 4.68 Å². The molecule has 0 fully saturated rings. The Kier molecular flexibility index (Phi) is 3.96. The number of aromatic nitrogens is 6. The van der Waals surface area contributed by atoms with Crippen molar-refractivity contribution in [1.82, 2.24) is 30.0 Å². The number of benzene rings is 2. The van der Waals surface area contributed by atoms with Gasteiger partial charge in [0.2, 0.25) is 5.95 Å². The van der Waals surface area contributed by atoms with Gasteiger partial charge >= 0.3 is 0 Å². The molecule has 0 atom stereocenters. The molecule has 0 bridgehead atoms. The van der Waals surface area contributed by atoms with E-state index in [1.807, 2.05) is 72.4 Å². The van der Waals surface area contributed by atoms with E-state index < -0.39 is 0 Å². The molecular weight excluding hydrogens is 314 g/mol. The molecule has 0 radical (unpaired) electrons. The van der Waals surface area contributed by atoms with Crippen molar-refractivity contribution in [3.8, 4) is 11.4 Å². The van der Waals surface area contributed by atoms with Gasteiger partial charge in [-0.15, -0.1) is 0 Å². The summed E-state index contributed by atoms with van der Waals surface area (Å²) < 4.78 is 3.56. The fourth-order valence-electron chi connectivity index (χ4n) is 2.65. The van der Waals surface area contributed by atoms with Crippen LogP contribution < -0.4 is 5.32 Å². The molecule has 2 heterocycles. The predicted molar refractivity (Wildman–Crippen MR) is 94.8 cm³/mol. The SMILES string of the molecule is Cc1ccn(-c2ccccc2CNc2nnnn2-c2ccccc2)n1. The van der Waals surface area contributed by atoms with Crippen molar-refractivity contribution < 1.29 is 0 Å². The Hall–Kier alpha value is -3.48. The van der Waals surface area contributed by atoms with Crippen LogP contribution >= 0.6 is 0 Å². The number of rotatable bonds is 5. The minimum atomic E-state index is 0.586. The second-order valence-electron chi connectivity index (χ2n) is 5.63. The van der Waals surface area contributed by atoms with Crippen molar-refractivity contribution in [1.29, 1.82) is 0 Å². The lowest BCUT2D eigenvalue weighted by Gasteiger charge is -2.11. The highest BCUT2D eigenvalue weighted by atomic mass is 15.6. The van der Waals surface area contributed by atoms with Crippen LogP contribution in [0.5, 0.6) is 0 Å². The van der Waals surface area contributed by atoms with Gasteiger partial charge in [0.1, 0.15) is 0 Å². The Balaban J connectivity index is 1.59. The summed E-state index contributed by atoms with van der Waals surface area (Å²) >= 11 is 0. The van der Waals surface area contributed by atoms with E-state index in [2.05, 4.69) is 32.0 Å². The molecule has 0 unspecified atom stereocenters. The highest BCUT2D eigenvalue weighted by Gasteiger charge is 2.10. The van der Waals surface area contributed by atoms with Crippen molar-refractivity contribution in [3.63, 3.8) is 0 Å². The predicted octanol–water partition coefficient (Wildman–Crippen LogP) is 2.77. The van der Waals surface area contributed by atoms with E-state index in [1.165, 1.54) is 0 Å². The van der Waals surface area contributed by atoms with Crippen LogP contribution in [0, 0.1) is 6.92 Å². The zero-order chi connectivity index (χ0) is 17.1. The maximum absolute atomic E-state index is 4.50. The van der Waals surface area contributed by atoms with Crippen LogP contribution in [-0.4, -0.2) is 30.0 Å². The third-order valence-corrected chi connectivity index (χ3v) is 3.87. The third-order valence-electron chi connectivity index (χ3n) is 3.87. The summed E-state index contributed by atoms with van der Waals surface area (Å²) in [7, 11) is 0. The first-order valence-corrected chi connectivity index (χ1v) is 7.99. The summed E-state index contributed by atoms with van der Waals surface area (Å²) in [6, 6.07) is 19.9. The highest BCUT2D eigenvalue weighted by molar-refractivity contribution is 5.44. The zero-order valence-corrected chi connectivity index (χ0v) is 13.7. The summed E-state index contributed by atoms with van der Waals surface area (Å²) in [5.74, 6) is 0.595. The fraction of sp³-hybridized carbons (Fsp3) is 0.111. The fourth-order valence-corrected chi connectivity index (χ4v) is 2.65. The van der Waals surface area contributed by atoms with Gasteiger partial charge in [0.05, 0.1) is 17.1 Å². The standard InChI is InChI=1S/C18H17N7/c1-14-11-12-24(21-14)17-10-6-5-7-15(17)13-19-18-20-22-23-25(18)16-8-3-2-4-9-16/h2-12H,13H2,1H3,(H,19,20,23). The molecule has 25 heavy (non-hydrogen) atoms. The van der Waals surface area contributed by atoms with Crippen LogP contribution in [0.2, 0.25) is 0 Å². The molecule has 0 aliphatic heterocycles. The van der Waals surface area contributed by atoms with Gasteiger partial charge < -0.3 is 5.32 Å². The lowest BCUT2D eigenvalue weighted by atomic mass is 10.2. The molecular formula is C18H17N7. The Morgan fingerprint density at radius 1 is 0.960 bits per heavy atom. The van der Waals surface area contributed by atoms with E-state index in [1.54, 1.807) is 4.68 Å². The molecule has 7 heteroatoms. The molecule has 0 aliphatic rings. The Morgan fingerprint density at radius 3 is 2.56 bits per heavy atom.